The van der Waals surface area contributed by atoms with E-state index < -0.39 is 6.04 Å². The number of nitrogens with zero attached hydrogens (tertiary/aromatic N) is 1. The van der Waals surface area contributed by atoms with Gasteiger partial charge in [-0.05, 0) is 35.2 Å². The molecule has 0 saturated carbocycles. The quantitative estimate of drug-likeness (QED) is 0.816. The van der Waals surface area contributed by atoms with Gasteiger partial charge in [-0.15, -0.1) is 12.4 Å². The molecule has 0 saturated heterocycles. The van der Waals surface area contributed by atoms with E-state index in [0.717, 1.165) is 16.7 Å². The molecule has 2 aromatic rings. The summed E-state index contributed by atoms with van der Waals surface area (Å²) in [6.45, 7) is 0.692. The molecule has 1 heterocycles. The van der Waals surface area contributed by atoms with Crippen LogP contribution < -0.4 is 11.1 Å². The van der Waals surface area contributed by atoms with E-state index in [9.17, 15) is 14.0 Å². The zero-order valence-corrected chi connectivity index (χ0v) is 15.7. The maximum atomic E-state index is 12.9. The van der Waals surface area contributed by atoms with Crippen LogP contribution in [0.25, 0.3) is 0 Å². The summed E-state index contributed by atoms with van der Waals surface area (Å²) in [7, 11) is 0. The minimum Gasteiger partial charge on any atom is -0.354 e. The van der Waals surface area contributed by atoms with Crippen molar-refractivity contribution in [2.45, 2.75) is 25.4 Å². The maximum Gasteiger partial charge on any atom is 0.243 e. The van der Waals surface area contributed by atoms with Gasteiger partial charge in [-0.1, -0.05) is 36.4 Å². The molecular formula is C20H23ClFN3O2. The van der Waals surface area contributed by atoms with E-state index in [1.807, 2.05) is 24.3 Å². The molecule has 1 aliphatic heterocycles. The highest BCUT2D eigenvalue weighted by Gasteiger charge is 2.33. The number of carbonyl (C=O) groups is 2. The molecule has 0 aromatic heterocycles. The molecule has 3 rings (SSSR count). The highest BCUT2D eigenvalue weighted by Crippen LogP contribution is 2.23. The van der Waals surface area contributed by atoms with Crippen LogP contribution in [0.2, 0.25) is 0 Å². The second kappa shape index (κ2) is 9.48. The van der Waals surface area contributed by atoms with E-state index in [2.05, 4.69) is 5.32 Å². The second-order valence-corrected chi connectivity index (χ2v) is 6.38. The summed E-state index contributed by atoms with van der Waals surface area (Å²) in [5, 5.41) is 2.89. The van der Waals surface area contributed by atoms with Gasteiger partial charge >= 0.3 is 0 Å². The van der Waals surface area contributed by atoms with E-state index in [1.54, 1.807) is 17.0 Å². The van der Waals surface area contributed by atoms with Crippen molar-refractivity contribution in [2.75, 3.05) is 13.1 Å². The van der Waals surface area contributed by atoms with Crippen molar-refractivity contribution in [1.29, 1.82) is 0 Å². The number of hydrogen-bond acceptors (Lipinski definition) is 3. The SMILES string of the molecule is Cl.NCC(=O)N1Cc2ccccc2CC1C(=O)NCCc1ccc(F)cc1. The van der Waals surface area contributed by atoms with Crippen molar-refractivity contribution >= 4 is 24.2 Å². The van der Waals surface area contributed by atoms with Gasteiger partial charge in [-0.2, -0.15) is 0 Å². The van der Waals surface area contributed by atoms with Crippen LogP contribution in [0.15, 0.2) is 48.5 Å². The van der Waals surface area contributed by atoms with Crippen molar-refractivity contribution in [3.8, 4) is 0 Å². The molecule has 0 fully saturated rings. The lowest BCUT2D eigenvalue weighted by Gasteiger charge is -2.35. The van der Waals surface area contributed by atoms with Crippen LogP contribution in [0, 0.1) is 5.82 Å². The van der Waals surface area contributed by atoms with Crippen LogP contribution in [0.1, 0.15) is 16.7 Å². The summed E-state index contributed by atoms with van der Waals surface area (Å²) < 4.78 is 12.9. The standard InChI is InChI=1S/C20H22FN3O2.ClH/c21-17-7-5-14(6-8-17)9-10-23-20(26)18-11-15-3-1-2-4-16(15)13-24(18)19(25)12-22;/h1-8,18H,9-13,22H2,(H,23,26);1H. The molecule has 1 unspecified atom stereocenters. The first-order chi connectivity index (χ1) is 12.6. The van der Waals surface area contributed by atoms with Gasteiger partial charge in [0.1, 0.15) is 11.9 Å². The molecule has 1 aliphatic rings. The largest absolute Gasteiger partial charge is 0.354 e. The number of hydrogen-bond donors (Lipinski definition) is 2. The molecule has 2 amide bonds. The van der Waals surface area contributed by atoms with Crippen LogP contribution in [0.4, 0.5) is 4.39 Å². The van der Waals surface area contributed by atoms with Crippen LogP contribution in [0.5, 0.6) is 0 Å². The maximum absolute atomic E-state index is 12.9. The monoisotopic (exact) mass is 391 g/mol. The Morgan fingerprint density at radius 2 is 1.78 bits per heavy atom. The Morgan fingerprint density at radius 3 is 2.44 bits per heavy atom. The van der Waals surface area contributed by atoms with Crippen molar-refractivity contribution in [3.05, 3.63) is 71.0 Å². The van der Waals surface area contributed by atoms with Gasteiger partial charge in [0.25, 0.3) is 0 Å². The minimum atomic E-state index is -0.561. The Kier molecular flexibility index (Phi) is 7.33. The van der Waals surface area contributed by atoms with Crippen LogP contribution >= 0.6 is 12.4 Å². The molecule has 5 nitrogen and oxygen atoms in total. The Balaban J connectivity index is 0.00000261. The van der Waals surface area contributed by atoms with Crippen molar-refractivity contribution in [3.63, 3.8) is 0 Å². The number of fused-ring (bicyclic) bond motifs is 1. The summed E-state index contributed by atoms with van der Waals surface area (Å²) in [4.78, 5) is 26.4. The van der Waals surface area contributed by atoms with Crippen molar-refractivity contribution in [1.82, 2.24) is 10.2 Å². The number of nitrogens with one attached hydrogen (secondary N) is 1. The van der Waals surface area contributed by atoms with Gasteiger partial charge in [0.2, 0.25) is 11.8 Å². The summed E-state index contributed by atoms with van der Waals surface area (Å²) >= 11 is 0. The number of rotatable bonds is 5. The van der Waals surface area contributed by atoms with Gasteiger partial charge in [0.15, 0.2) is 0 Å². The van der Waals surface area contributed by atoms with Gasteiger partial charge in [0.05, 0.1) is 6.54 Å². The zero-order valence-electron chi connectivity index (χ0n) is 14.9. The molecule has 27 heavy (non-hydrogen) atoms. The Labute approximate surface area is 164 Å². The van der Waals surface area contributed by atoms with E-state index in [-0.39, 0.29) is 36.6 Å². The first-order valence-electron chi connectivity index (χ1n) is 8.67. The van der Waals surface area contributed by atoms with Gasteiger partial charge < -0.3 is 16.0 Å². The number of nitrogens with two attached hydrogens (primary N) is 1. The van der Waals surface area contributed by atoms with Gasteiger partial charge in [-0.3, -0.25) is 9.59 Å². The van der Waals surface area contributed by atoms with Crippen LogP contribution in [-0.2, 0) is 29.0 Å². The molecule has 0 spiro atoms. The molecule has 2 aromatic carbocycles. The molecule has 3 N–H and O–H groups in total. The van der Waals surface area contributed by atoms with E-state index in [1.165, 1.54) is 12.1 Å². The summed E-state index contributed by atoms with van der Waals surface area (Å²) in [6.07, 6.45) is 1.07. The average Bonchev–Trinajstić information content (AvgIpc) is 2.67. The smallest absolute Gasteiger partial charge is 0.243 e. The lowest BCUT2D eigenvalue weighted by molar-refractivity contribution is -0.140. The molecular weight excluding hydrogens is 369 g/mol. The van der Waals surface area contributed by atoms with Gasteiger partial charge in [-0.25, -0.2) is 4.39 Å². The second-order valence-electron chi connectivity index (χ2n) is 6.38. The normalized spacial score (nSPS) is 15.5. The van der Waals surface area contributed by atoms with Gasteiger partial charge in [0, 0.05) is 19.5 Å². The fraction of sp³-hybridized carbons (Fsp3) is 0.300. The Morgan fingerprint density at radius 1 is 1.11 bits per heavy atom. The molecule has 0 radical (unpaired) electrons. The fourth-order valence-corrected chi connectivity index (χ4v) is 3.24. The number of halogens is 2. The molecule has 0 bridgehead atoms. The summed E-state index contributed by atoms with van der Waals surface area (Å²) in [5.74, 6) is -0.712. The van der Waals surface area contributed by atoms with Crippen LogP contribution in [-0.4, -0.2) is 35.8 Å². The lowest BCUT2D eigenvalue weighted by atomic mass is 9.93. The molecule has 0 aliphatic carbocycles. The predicted molar refractivity (Wildman–Crippen MR) is 104 cm³/mol. The fourth-order valence-electron chi connectivity index (χ4n) is 3.24. The Hall–Kier alpha value is -2.44. The van der Waals surface area contributed by atoms with E-state index >= 15 is 0 Å². The highest BCUT2D eigenvalue weighted by atomic mass is 35.5. The molecule has 144 valence electrons. The number of carbonyl (C=O) groups excluding carboxylic acids is 2. The first kappa shape index (κ1) is 20.9. The highest BCUT2D eigenvalue weighted by molar-refractivity contribution is 5.89. The van der Waals surface area contributed by atoms with Crippen molar-refractivity contribution < 1.29 is 14.0 Å². The lowest BCUT2D eigenvalue weighted by Crippen LogP contribution is -2.54. The third kappa shape index (κ3) is 5.05. The summed E-state index contributed by atoms with van der Waals surface area (Å²) in [6, 6.07) is 13.4. The molecule has 1 atom stereocenters. The topological polar surface area (TPSA) is 75.4 Å². The summed E-state index contributed by atoms with van der Waals surface area (Å²) in [5.41, 5.74) is 8.58. The number of benzene rings is 2. The predicted octanol–water partition coefficient (Wildman–Crippen LogP) is 1.82. The third-order valence-electron chi connectivity index (χ3n) is 4.67. The number of amides is 2. The van der Waals surface area contributed by atoms with Crippen LogP contribution in [0.3, 0.4) is 0 Å². The van der Waals surface area contributed by atoms with E-state index in [4.69, 9.17) is 5.73 Å². The van der Waals surface area contributed by atoms with Crippen molar-refractivity contribution in [2.24, 2.45) is 5.73 Å². The first-order valence-corrected chi connectivity index (χ1v) is 8.67. The average molecular weight is 392 g/mol. The molecule has 7 heteroatoms. The minimum absolute atomic E-state index is 0. The zero-order chi connectivity index (χ0) is 18.5. The third-order valence-corrected chi connectivity index (χ3v) is 4.67. The Bertz CT molecular complexity index is 798. The van der Waals surface area contributed by atoms with E-state index in [0.29, 0.717) is 25.9 Å².